The predicted octanol–water partition coefficient (Wildman–Crippen LogP) is 7.20. The molecule has 0 saturated heterocycles. The van der Waals surface area contributed by atoms with E-state index >= 15 is 0 Å². The molecule has 4 rings (SSSR count). The number of aryl methyl sites for hydroxylation is 1. The number of rotatable bonds is 5. The van der Waals surface area contributed by atoms with Crippen LogP contribution in [0.4, 0.5) is 5.69 Å². The highest BCUT2D eigenvalue weighted by Gasteiger charge is 2.10. The summed E-state index contributed by atoms with van der Waals surface area (Å²) in [6, 6.07) is 18.1. The SMILES string of the molecule is COc1c(Cl)cc(Cl)cc1CNc1ccc(-c2nc3ccc(C)cc3s2)cc1. The van der Waals surface area contributed by atoms with Gasteiger partial charge in [-0.1, -0.05) is 29.3 Å². The summed E-state index contributed by atoms with van der Waals surface area (Å²) < 4.78 is 6.61. The number of nitrogens with one attached hydrogen (secondary N) is 1. The molecule has 6 heteroatoms. The fraction of sp³-hybridized carbons (Fsp3) is 0.136. The molecule has 3 aromatic carbocycles. The van der Waals surface area contributed by atoms with Gasteiger partial charge in [0.15, 0.2) is 0 Å². The Morgan fingerprint density at radius 2 is 1.82 bits per heavy atom. The summed E-state index contributed by atoms with van der Waals surface area (Å²) in [4.78, 5) is 4.74. The Bertz CT molecular complexity index is 1140. The van der Waals surface area contributed by atoms with Gasteiger partial charge in [0.2, 0.25) is 0 Å². The summed E-state index contributed by atoms with van der Waals surface area (Å²) in [7, 11) is 1.60. The molecule has 1 N–H and O–H groups in total. The van der Waals surface area contributed by atoms with E-state index in [2.05, 4.69) is 42.6 Å². The van der Waals surface area contributed by atoms with E-state index < -0.39 is 0 Å². The molecule has 0 atom stereocenters. The van der Waals surface area contributed by atoms with Crippen molar-refractivity contribution < 1.29 is 4.74 Å². The first-order valence-corrected chi connectivity index (χ1v) is 10.3. The smallest absolute Gasteiger partial charge is 0.142 e. The number of hydrogen-bond donors (Lipinski definition) is 1. The Balaban J connectivity index is 1.52. The molecule has 0 amide bonds. The van der Waals surface area contributed by atoms with Crippen molar-refractivity contribution in [2.24, 2.45) is 0 Å². The van der Waals surface area contributed by atoms with Crippen LogP contribution < -0.4 is 10.1 Å². The van der Waals surface area contributed by atoms with Crippen LogP contribution in [0, 0.1) is 6.92 Å². The number of methoxy groups -OCH3 is 1. The molecule has 0 aliphatic rings. The number of hydrogen-bond acceptors (Lipinski definition) is 4. The lowest BCUT2D eigenvalue weighted by molar-refractivity contribution is 0.410. The first kappa shape index (κ1) is 19.1. The molecule has 0 saturated carbocycles. The molecule has 3 nitrogen and oxygen atoms in total. The third-order valence-electron chi connectivity index (χ3n) is 4.45. The number of aromatic nitrogens is 1. The standard InChI is InChI=1S/C22H18Cl2N2OS/c1-13-3-8-19-20(9-13)28-22(26-19)14-4-6-17(7-5-14)25-12-15-10-16(23)11-18(24)21(15)27-2/h3-11,25H,12H2,1-2H3. The minimum absolute atomic E-state index is 0.508. The second-order valence-corrected chi connectivity index (χ2v) is 8.38. The summed E-state index contributed by atoms with van der Waals surface area (Å²) in [5.41, 5.74) is 5.30. The molecule has 0 radical (unpaired) electrons. The maximum Gasteiger partial charge on any atom is 0.142 e. The number of fused-ring (bicyclic) bond motifs is 1. The predicted molar refractivity (Wildman–Crippen MR) is 120 cm³/mol. The van der Waals surface area contributed by atoms with Gasteiger partial charge in [-0.25, -0.2) is 4.98 Å². The summed E-state index contributed by atoms with van der Waals surface area (Å²) in [6.07, 6.45) is 0. The van der Waals surface area contributed by atoms with Gasteiger partial charge in [-0.05, 0) is 61.0 Å². The largest absolute Gasteiger partial charge is 0.495 e. The second kappa shape index (κ2) is 8.00. The Labute approximate surface area is 177 Å². The van der Waals surface area contributed by atoms with Crippen molar-refractivity contribution in [1.29, 1.82) is 0 Å². The average molecular weight is 429 g/mol. The van der Waals surface area contributed by atoms with Gasteiger partial charge in [-0.15, -0.1) is 11.3 Å². The molecule has 0 fully saturated rings. The Hall–Kier alpha value is -2.27. The molecule has 0 spiro atoms. The second-order valence-electron chi connectivity index (χ2n) is 6.50. The fourth-order valence-electron chi connectivity index (χ4n) is 3.06. The van der Waals surface area contributed by atoms with Gasteiger partial charge < -0.3 is 10.1 Å². The van der Waals surface area contributed by atoms with E-state index in [-0.39, 0.29) is 0 Å². The molecule has 0 aliphatic carbocycles. The minimum Gasteiger partial charge on any atom is -0.495 e. The fourth-order valence-corrected chi connectivity index (χ4v) is 4.74. The van der Waals surface area contributed by atoms with Crippen LogP contribution in [0.1, 0.15) is 11.1 Å². The van der Waals surface area contributed by atoms with Crippen molar-refractivity contribution in [3.05, 3.63) is 75.8 Å². The van der Waals surface area contributed by atoms with Gasteiger partial charge in [-0.2, -0.15) is 0 Å². The first-order chi connectivity index (χ1) is 13.5. The highest BCUT2D eigenvalue weighted by atomic mass is 35.5. The lowest BCUT2D eigenvalue weighted by Crippen LogP contribution is -2.02. The number of nitrogens with zero attached hydrogens (tertiary/aromatic N) is 1. The monoisotopic (exact) mass is 428 g/mol. The molecule has 142 valence electrons. The van der Waals surface area contributed by atoms with E-state index in [1.807, 2.05) is 18.2 Å². The maximum atomic E-state index is 6.21. The maximum absolute atomic E-state index is 6.21. The summed E-state index contributed by atoms with van der Waals surface area (Å²) in [6.45, 7) is 2.66. The normalized spacial score (nSPS) is 11.0. The molecule has 1 heterocycles. The van der Waals surface area contributed by atoms with E-state index in [1.165, 1.54) is 10.3 Å². The Morgan fingerprint density at radius 3 is 2.57 bits per heavy atom. The zero-order valence-corrected chi connectivity index (χ0v) is 17.8. The molecule has 28 heavy (non-hydrogen) atoms. The van der Waals surface area contributed by atoms with E-state index in [9.17, 15) is 0 Å². The van der Waals surface area contributed by atoms with Crippen molar-refractivity contribution in [2.75, 3.05) is 12.4 Å². The topological polar surface area (TPSA) is 34.1 Å². The zero-order valence-electron chi connectivity index (χ0n) is 15.4. The minimum atomic E-state index is 0.508. The zero-order chi connectivity index (χ0) is 19.7. The highest BCUT2D eigenvalue weighted by Crippen LogP contribution is 2.33. The molecule has 0 unspecified atom stereocenters. The van der Waals surface area contributed by atoms with Crippen LogP contribution in [0.2, 0.25) is 10.0 Å². The first-order valence-electron chi connectivity index (χ1n) is 8.77. The van der Waals surface area contributed by atoms with Gasteiger partial charge in [0.05, 0.1) is 22.3 Å². The third-order valence-corrected chi connectivity index (χ3v) is 6.01. The summed E-state index contributed by atoms with van der Waals surface area (Å²) in [5, 5.41) is 5.51. The molecule has 1 aromatic heterocycles. The van der Waals surface area contributed by atoms with E-state index in [0.29, 0.717) is 22.3 Å². The molecular weight excluding hydrogens is 411 g/mol. The van der Waals surface area contributed by atoms with Crippen LogP contribution in [-0.4, -0.2) is 12.1 Å². The number of ether oxygens (including phenoxy) is 1. The molecule has 0 aliphatic heterocycles. The lowest BCUT2D eigenvalue weighted by Gasteiger charge is -2.13. The molecular formula is C22H18Cl2N2OS. The van der Waals surface area contributed by atoms with Crippen LogP contribution in [0.25, 0.3) is 20.8 Å². The van der Waals surface area contributed by atoms with Gasteiger partial charge in [-0.3, -0.25) is 0 Å². The van der Waals surface area contributed by atoms with Crippen molar-refractivity contribution >= 4 is 50.4 Å². The molecule has 4 aromatic rings. The van der Waals surface area contributed by atoms with E-state index in [4.69, 9.17) is 32.9 Å². The van der Waals surface area contributed by atoms with Crippen molar-refractivity contribution in [3.8, 4) is 16.3 Å². The lowest BCUT2D eigenvalue weighted by atomic mass is 10.1. The van der Waals surface area contributed by atoms with Crippen LogP contribution >= 0.6 is 34.5 Å². The van der Waals surface area contributed by atoms with Gasteiger partial charge >= 0.3 is 0 Å². The van der Waals surface area contributed by atoms with Crippen molar-refractivity contribution in [3.63, 3.8) is 0 Å². The number of halogens is 2. The van der Waals surface area contributed by atoms with Crippen LogP contribution in [0.3, 0.4) is 0 Å². The third kappa shape index (κ3) is 3.95. The van der Waals surface area contributed by atoms with Crippen molar-refractivity contribution in [1.82, 2.24) is 4.98 Å². The number of benzene rings is 3. The number of anilines is 1. The van der Waals surface area contributed by atoms with Gasteiger partial charge in [0, 0.05) is 28.4 Å². The highest BCUT2D eigenvalue weighted by molar-refractivity contribution is 7.21. The molecule has 0 bridgehead atoms. The Kier molecular flexibility index (Phi) is 5.44. The van der Waals surface area contributed by atoms with Crippen LogP contribution in [-0.2, 0) is 6.54 Å². The van der Waals surface area contributed by atoms with E-state index in [0.717, 1.165) is 27.3 Å². The quantitative estimate of drug-likeness (QED) is 0.364. The van der Waals surface area contributed by atoms with Crippen LogP contribution in [0.5, 0.6) is 5.75 Å². The van der Waals surface area contributed by atoms with E-state index in [1.54, 1.807) is 24.5 Å². The number of thiazole rings is 1. The average Bonchev–Trinajstić information content (AvgIpc) is 3.09. The summed E-state index contributed by atoms with van der Waals surface area (Å²) in [5.74, 6) is 0.639. The van der Waals surface area contributed by atoms with Gasteiger partial charge in [0.1, 0.15) is 10.8 Å². The van der Waals surface area contributed by atoms with Gasteiger partial charge in [0.25, 0.3) is 0 Å². The Morgan fingerprint density at radius 1 is 1.04 bits per heavy atom. The summed E-state index contributed by atoms with van der Waals surface area (Å²) >= 11 is 14.0. The van der Waals surface area contributed by atoms with Crippen molar-refractivity contribution in [2.45, 2.75) is 13.5 Å². The van der Waals surface area contributed by atoms with Crippen LogP contribution in [0.15, 0.2) is 54.6 Å².